The lowest BCUT2D eigenvalue weighted by molar-refractivity contribution is -0.116. The molecule has 0 amide bonds. The van der Waals surface area contributed by atoms with E-state index >= 15 is 0 Å². The molecule has 0 radical (unpaired) electrons. The molecular formula is C23H26ClFN2O2. The maximum absolute atomic E-state index is 15.0. The van der Waals surface area contributed by atoms with Crippen molar-refractivity contribution >= 4 is 28.8 Å². The molecule has 0 spiro atoms. The fourth-order valence-corrected chi connectivity index (χ4v) is 3.30. The minimum atomic E-state index is -0.522. The lowest BCUT2D eigenvalue weighted by atomic mass is 9.97. The highest BCUT2D eigenvalue weighted by Crippen LogP contribution is 2.32. The van der Waals surface area contributed by atoms with Crippen LogP contribution in [0.4, 0.5) is 4.39 Å². The van der Waals surface area contributed by atoms with Gasteiger partial charge in [-0.05, 0) is 49.2 Å². The van der Waals surface area contributed by atoms with Crippen molar-refractivity contribution in [3.8, 4) is 11.3 Å². The van der Waals surface area contributed by atoms with Crippen LogP contribution < -0.4 is 0 Å². The Bertz CT molecular complexity index is 1030. The monoisotopic (exact) mass is 416 g/mol. The Hall–Kier alpha value is -2.53. The zero-order chi connectivity index (χ0) is 21.7. The van der Waals surface area contributed by atoms with Gasteiger partial charge in [-0.15, -0.1) is 11.6 Å². The van der Waals surface area contributed by atoms with Gasteiger partial charge in [-0.2, -0.15) is 0 Å². The number of hydrogen-bond donors (Lipinski definition) is 0. The summed E-state index contributed by atoms with van der Waals surface area (Å²) in [5.74, 6) is -0.932. The lowest BCUT2D eigenvalue weighted by Crippen LogP contribution is -2.08. The first-order valence-electron chi connectivity index (χ1n) is 9.74. The maximum Gasteiger partial charge on any atom is 0.162 e. The molecule has 2 aromatic heterocycles. The van der Waals surface area contributed by atoms with Gasteiger partial charge in [0.05, 0.1) is 23.7 Å². The summed E-state index contributed by atoms with van der Waals surface area (Å²) in [6.07, 6.45) is 2.18. The highest BCUT2D eigenvalue weighted by atomic mass is 35.5. The summed E-state index contributed by atoms with van der Waals surface area (Å²) in [6.45, 7) is 9.42. The number of carbonyl (C=O) groups excluding carboxylic acids is 2. The van der Waals surface area contributed by atoms with Crippen molar-refractivity contribution in [1.29, 1.82) is 0 Å². The standard InChI is InChI=1S/C21H20ClFN2O2.C2H6/c1-4-18(27)14-8-13(3)20(16(23)9-14)21-17(10-15(26)11-22)25-6-5-12(2)7-19(25)24-21;1-2/h5-9H,4,10-11H2,1-3H3;1-2H3. The zero-order valence-electron chi connectivity index (χ0n) is 17.5. The molecule has 0 N–H and O–H groups in total. The number of aryl methyl sites for hydroxylation is 2. The largest absolute Gasteiger partial charge is 0.303 e. The van der Waals surface area contributed by atoms with Gasteiger partial charge in [0.25, 0.3) is 0 Å². The molecule has 0 saturated carbocycles. The van der Waals surface area contributed by atoms with E-state index in [2.05, 4.69) is 4.98 Å². The van der Waals surface area contributed by atoms with Gasteiger partial charge >= 0.3 is 0 Å². The summed E-state index contributed by atoms with van der Waals surface area (Å²) >= 11 is 5.69. The molecule has 0 fully saturated rings. The summed E-state index contributed by atoms with van der Waals surface area (Å²) in [6, 6.07) is 6.70. The van der Waals surface area contributed by atoms with E-state index in [0.717, 1.165) is 5.56 Å². The molecule has 3 rings (SSSR count). The van der Waals surface area contributed by atoms with Crippen LogP contribution in [0, 0.1) is 19.7 Å². The number of nitrogens with zero attached hydrogens (tertiary/aromatic N) is 2. The molecule has 0 saturated heterocycles. The molecule has 0 aliphatic rings. The number of aromatic nitrogens is 2. The van der Waals surface area contributed by atoms with Crippen molar-refractivity contribution < 1.29 is 14.0 Å². The highest BCUT2D eigenvalue weighted by molar-refractivity contribution is 6.27. The van der Waals surface area contributed by atoms with Crippen molar-refractivity contribution in [3.05, 3.63) is 58.7 Å². The van der Waals surface area contributed by atoms with E-state index in [1.165, 1.54) is 6.07 Å². The van der Waals surface area contributed by atoms with Gasteiger partial charge in [0.2, 0.25) is 0 Å². The third-order valence-corrected chi connectivity index (χ3v) is 4.86. The molecule has 0 atom stereocenters. The quantitative estimate of drug-likeness (QED) is 0.381. The summed E-state index contributed by atoms with van der Waals surface area (Å²) in [7, 11) is 0. The lowest BCUT2D eigenvalue weighted by Gasteiger charge is -2.10. The molecular weight excluding hydrogens is 391 g/mol. The van der Waals surface area contributed by atoms with E-state index in [1.807, 2.05) is 39.1 Å². The average molecular weight is 417 g/mol. The zero-order valence-corrected chi connectivity index (χ0v) is 18.2. The first-order chi connectivity index (χ1) is 13.8. The predicted octanol–water partition coefficient (Wildman–Crippen LogP) is 5.73. The second kappa shape index (κ2) is 9.79. The van der Waals surface area contributed by atoms with Gasteiger partial charge in [-0.1, -0.05) is 20.8 Å². The van der Waals surface area contributed by atoms with Crippen LogP contribution in [0.1, 0.15) is 54.4 Å². The number of hydrogen-bond acceptors (Lipinski definition) is 3. The van der Waals surface area contributed by atoms with Crippen LogP contribution in [0.3, 0.4) is 0 Å². The predicted molar refractivity (Wildman–Crippen MR) is 115 cm³/mol. The van der Waals surface area contributed by atoms with E-state index < -0.39 is 5.82 Å². The molecule has 0 aliphatic heterocycles. The SMILES string of the molecule is CC.CCC(=O)c1cc(C)c(-c2nc3cc(C)ccn3c2CC(=O)CCl)c(F)c1. The van der Waals surface area contributed by atoms with Gasteiger partial charge in [-0.25, -0.2) is 9.37 Å². The van der Waals surface area contributed by atoms with Crippen molar-refractivity contribution in [2.24, 2.45) is 0 Å². The maximum atomic E-state index is 15.0. The van der Waals surface area contributed by atoms with E-state index in [9.17, 15) is 14.0 Å². The van der Waals surface area contributed by atoms with Crippen molar-refractivity contribution in [2.45, 2.75) is 47.5 Å². The van der Waals surface area contributed by atoms with Crippen LogP contribution >= 0.6 is 11.6 Å². The third-order valence-electron chi connectivity index (χ3n) is 4.56. The van der Waals surface area contributed by atoms with Gasteiger partial charge in [-0.3, -0.25) is 9.59 Å². The molecule has 0 aliphatic carbocycles. The number of benzene rings is 1. The summed E-state index contributed by atoms with van der Waals surface area (Å²) in [4.78, 5) is 28.6. The average Bonchev–Trinajstić information content (AvgIpc) is 3.04. The molecule has 1 aromatic carbocycles. The summed E-state index contributed by atoms with van der Waals surface area (Å²) < 4.78 is 16.8. The Kier molecular flexibility index (Phi) is 7.68. The number of ketones is 2. The van der Waals surface area contributed by atoms with Crippen LogP contribution in [0.2, 0.25) is 0 Å². The van der Waals surface area contributed by atoms with E-state index in [0.29, 0.717) is 40.1 Å². The molecule has 3 aromatic rings. The Morgan fingerprint density at radius 2 is 1.86 bits per heavy atom. The summed E-state index contributed by atoms with van der Waals surface area (Å²) in [5, 5.41) is 0. The van der Waals surface area contributed by atoms with Crippen LogP contribution in [0.25, 0.3) is 16.9 Å². The van der Waals surface area contributed by atoms with Crippen LogP contribution in [0.5, 0.6) is 0 Å². The molecule has 6 heteroatoms. The second-order valence-electron chi connectivity index (χ2n) is 6.62. The number of halogens is 2. The minimum absolute atomic E-state index is 0.0532. The molecule has 4 nitrogen and oxygen atoms in total. The van der Waals surface area contributed by atoms with Crippen molar-refractivity contribution in [3.63, 3.8) is 0 Å². The third kappa shape index (κ3) is 4.73. The van der Waals surface area contributed by atoms with E-state index in [1.54, 1.807) is 24.3 Å². The molecule has 0 unspecified atom stereocenters. The first kappa shape index (κ1) is 22.8. The van der Waals surface area contributed by atoms with Gasteiger partial charge in [0.1, 0.15) is 11.5 Å². The smallest absolute Gasteiger partial charge is 0.162 e. The number of pyridine rings is 1. The Labute approximate surface area is 175 Å². The summed E-state index contributed by atoms with van der Waals surface area (Å²) in [5.41, 5.74) is 3.89. The molecule has 2 heterocycles. The fourth-order valence-electron chi connectivity index (χ4n) is 3.21. The minimum Gasteiger partial charge on any atom is -0.303 e. The number of rotatable bonds is 6. The molecule has 154 valence electrons. The number of Topliss-reactive ketones (excluding diaryl/α,β-unsaturated/α-hetero) is 2. The second-order valence-corrected chi connectivity index (χ2v) is 6.88. The normalized spacial score (nSPS) is 10.6. The van der Waals surface area contributed by atoms with Crippen LogP contribution in [-0.2, 0) is 11.2 Å². The van der Waals surface area contributed by atoms with Crippen molar-refractivity contribution in [1.82, 2.24) is 9.38 Å². The van der Waals surface area contributed by atoms with E-state index in [-0.39, 0.29) is 23.9 Å². The van der Waals surface area contributed by atoms with Crippen LogP contribution in [-0.4, -0.2) is 26.8 Å². The topological polar surface area (TPSA) is 51.4 Å². The first-order valence-corrected chi connectivity index (χ1v) is 10.3. The number of imidazole rings is 1. The fraction of sp³-hybridized carbons (Fsp3) is 0.348. The Morgan fingerprint density at radius 3 is 2.45 bits per heavy atom. The van der Waals surface area contributed by atoms with Gasteiger partial charge in [0, 0.05) is 23.7 Å². The Balaban J connectivity index is 0.00000145. The van der Waals surface area contributed by atoms with E-state index in [4.69, 9.17) is 11.6 Å². The van der Waals surface area contributed by atoms with Crippen molar-refractivity contribution in [2.75, 3.05) is 5.88 Å². The highest BCUT2D eigenvalue weighted by Gasteiger charge is 2.22. The van der Waals surface area contributed by atoms with Gasteiger partial charge in [0.15, 0.2) is 11.6 Å². The van der Waals surface area contributed by atoms with Gasteiger partial charge < -0.3 is 4.40 Å². The number of alkyl halides is 1. The number of carbonyl (C=O) groups is 2. The molecule has 29 heavy (non-hydrogen) atoms. The Morgan fingerprint density at radius 1 is 1.17 bits per heavy atom. The van der Waals surface area contributed by atoms with Crippen LogP contribution in [0.15, 0.2) is 30.5 Å². The number of fused-ring (bicyclic) bond motifs is 1. The molecule has 0 bridgehead atoms.